The number of fused-ring (bicyclic) bond motifs is 4. The van der Waals surface area contributed by atoms with Gasteiger partial charge in [-0.1, -0.05) is 197 Å². The van der Waals surface area contributed by atoms with Gasteiger partial charge in [-0.3, -0.25) is 19.4 Å². The van der Waals surface area contributed by atoms with Gasteiger partial charge in [-0.25, -0.2) is 0 Å². The fourth-order valence-corrected chi connectivity index (χ4v) is 10.3. The molecule has 0 unspecified atom stereocenters. The van der Waals surface area contributed by atoms with Crippen molar-refractivity contribution in [3.05, 3.63) is 226 Å². The van der Waals surface area contributed by atoms with E-state index in [1.54, 1.807) is 0 Å². The molecule has 9 aromatic carbocycles. The van der Waals surface area contributed by atoms with Crippen molar-refractivity contribution in [2.45, 2.75) is 65.5 Å². The van der Waals surface area contributed by atoms with Crippen LogP contribution in [-0.4, -0.2) is 59.6 Å². The first-order valence-electron chi connectivity index (χ1n) is 23.8. The molecule has 9 aromatic rings. The molecule has 0 N–H and O–H groups in total. The smallest absolute Gasteiger partial charge is 0.255 e. The van der Waals surface area contributed by atoms with Gasteiger partial charge in [-0.05, 0) is 102 Å². The van der Waals surface area contributed by atoms with Gasteiger partial charge < -0.3 is 9.80 Å². The number of hydrogen-bond donors (Lipinski definition) is 0. The first-order valence-corrected chi connectivity index (χ1v) is 23.8. The predicted octanol–water partition coefficient (Wildman–Crippen LogP) is 13.4. The maximum absolute atomic E-state index is 14.9. The zero-order valence-electron chi connectivity index (χ0n) is 40.6. The normalized spacial score (nSPS) is 11.9. The SMILES string of the molecule is CN(Cc1ccccc1)Cc1c2ccccc2c(C(=O)N(C)Cc2ccc(CN(C)C(=O)c3c4ccccc4c(CN(C)Cc4ccccc4)c4ccccc34)c(C(C)(C)C)c2)c2ccccc12. The third-order valence-corrected chi connectivity index (χ3v) is 13.5. The summed E-state index contributed by atoms with van der Waals surface area (Å²) in [6.07, 6.45) is 0. The van der Waals surface area contributed by atoms with Crippen molar-refractivity contribution in [2.75, 3.05) is 28.2 Å². The zero-order valence-corrected chi connectivity index (χ0v) is 40.6. The van der Waals surface area contributed by atoms with Gasteiger partial charge in [0.25, 0.3) is 11.8 Å². The minimum atomic E-state index is -0.222. The Morgan fingerprint density at radius 2 is 0.706 bits per heavy atom. The van der Waals surface area contributed by atoms with E-state index >= 15 is 0 Å². The molecule has 0 bridgehead atoms. The molecule has 0 saturated heterocycles. The van der Waals surface area contributed by atoms with Crippen LogP contribution in [0, 0.1) is 0 Å². The minimum absolute atomic E-state index is 0.0100. The third-order valence-electron chi connectivity index (χ3n) is 13.5. The predicted molar refractivity (Wildman–Crippen MR) is 283 cm³/mol. The Bertz CT molecular complexity index is 3170. The van der Waals surface area contributed by atoms with Crippen LogP contribution < -0.4 is 0 Å². The number of hydrogen-bond acceptors (Lipinski definition) is 4. The monoisotopic (exact) mass is 894 g/mol. The van der Waals surface area contributed by atoms with Crippen LogP contribution in [0.1, 0.15) is 80.4 Å². The van der Waals surface area contributed by atoms with E-state index in [1.165, 1.54) is 22.3 Å². The molecule has 0 atom stereocenters. The summed E-state index contributed by atoms with van der Waals surface area (Å²) >= 11 is 0. The molecule has 68 heavy (non-hydrogen) atoms. The fourth-order valence-electron chi connectivity index (χ4n) is 10.3. The van der Waals surface area contributed by atoms with E-state index in [0.717, 1.165) is 97.1 Å². The van der Waals surface area contributed by atoms with Gasteiger partial charge in [-0.15, -0.1) is 0 Å². The average molecular weight is 895 g/mol. The molecule has 0 fully saturated rings. The maximum Gasteiger partial charge on any atom is 0.255 e. The Balaban J connectivity index is 0.987. The van der Waals surface area contributed by atoms with Crippen LogP contribution in [0.4, 0.5) is 0 Å². The van der Waals surface area contributed by atoms with Crippen LogP contribution >= 0.6 is 0 Å². The van der Waals surface area contributed by atoms with Gasteiger partial charge >= 0.3 is 0 Å². The largest absolute Gasteiger partial charge is 0.337 e. The van der Waals surface area contributed by atoms with E-state index in [4.69, 9.17) is 0 Å². The molecule has 6 nitrogen and oxygen atoms in total. The lowest BCUT2D eigenvalue weighted by Gasteiger charge is -2.28. The summed E-state index contributed by atoms with van der Waals surface area (Å²) in [5.41, 5.74) is 9.51. The van der Waals surface area contributed by atoms with Crippen molar-refractivity contribution in [3.63, 3.8) is 0 Å². The Morgan fingerprint density at radius 1 is 0.368 bits per heavy atom. The molecule has 342 valence electrons. The Morgan fingerprint density at radius 3 is 1.07 bits per heavy atom. The second-order valence-electron chi connectivity index (χ2n) is 19.8. The van der Waals surface area contributed by atoms with Gasteiger partial charge in [0, 0.05) is 53.4 Å². The minimum Gasteiger partial charge on any atom is -0.337 e. The molecule has 2 amide bonds. The van der Waals surface area contributed by atoms with Crippen molar-refractivity contribution in [1.29, 1.82) is 0 Å². The quantitative estimate of drug-likeness (QED) is 0.102. The van der Waals surface area contributed by atoms with Gasteiger partial charge in [0.1, 0.15) is 0 Å². The van der Waals surface area contributed by atoms with Crippen LogP contribution in [-0.2, 0) is 44.7 Å². The number of carbonyl (C=O) groups is 2. The maximum atomic E-state index is 14.9. The molecular formula is C62H62N4O2. The van der Waals surface area contributed by atoms with E-state index < -0.39 is 0 Å². The zero-order chi connectivity index (χ0) is 47.5. The number of carbonyl (C=O) groups excluding carboxylic acids is 2. The highest BCUT2D eigenvalue weighted by Gasteiger charge is 2.27. The Kier molecular flexibility index (Phi) is 13.3. The van der Waals surface area contributed by atoms with E-state index in [-0.39, 0.29) is 17.2 Å². The molecule has 0 heterocycles. The summed E-state index contributed by atoms with van der Waals surface area (Å²) < 4.78 is 0. The lowest BCUT2D eigenvalue weighted by Crippen LogP contribution is -2.29. The van der Waals surface area contributed by atoms with E-state index in [1.807, 2.05) is 48.2 Å². The highest BCUT2D eigenvalue weighted by molar-refractivity contribution is 6.21. The van der Waals surface area contributed by atoms with Crippen LogP contribution in [0.25, 0.3) is 43.1 Å². The van der Waals surface area contributed by atoms with Crippen molar-refractivity contribution in [3.8, 4) is 0 Å². The first-order chi connectivity index (χ1) is 32.9. The standard InChI is InChI=1S/C62H62N4O2/c1-62(2,3)57-36-45(39-65(6)60(67)58-51-30-18-14-26-47(51)55(48-27-15-19-31-52(48)58)41-63(4)37-43-22-10-8-11-23-43)34-35-46(57)40-66(7)61(68)59-53-32-20-16-28-49(53)56(50-29-17-21-33-54(50)59)42-64(5)38-44-24-12-9-13-25-44/h8-36H,37-42H2,1-7H3. The lowest BCUT2D eigenvalue weighted by molar-refractivity contribution is 0.0780. The molecule has 0 spiro atoms. The molecule has 0 aliphatic rings. The van der Waals surface area contributed by atoms with Crippen molar-refractivity contribution < 1.29 is 9.59 Å². The van der Waals surface area contributed by atoms with E-state index in [2.05, 4.69) is 196 Å². The third kappa shape index (κ3) is 9.53. The molecule has 0 saturated carbocycles. The fraction of sp³-hybridized carbons (Fsp3) is 0.226. The molecule has 0 radical (unpaired) electrons. The summed E-state index contributed by atoms with van der Waals surface area (Å²) in [4.78, 5) is 38.2. The van der Waals surface area contributed by atoms with Crippen LogP contribution in [0.2, 0.25) is 0 Å². The van der Waals surface area contributed by atoms with Gasteiger partial charge in [0.2, 0.25) is 0 Å². The number of amides is 2. The number of rotatable bonds is 14. The van der Waals surface area contributed by atoms with Crippen LogP contribution in [0.5, 0.6) is 0 Å². The summed E-state index contributed by atoms with van der Waals surface area (Å²) in [5, 5.41) is 8.28. The molecular weight excluding hydrogens is 833 g/mol. The Labute approximate surface area is 402 Å². The highest BCUT2D eigenvalue weighted by Crippen LogP contribution is 2.37. The summed E-state index contributed by atoms with van der Waals surface area (Å²) in [6, 6.07) is 61.1. The molecule has 0 aliphatic heterocycles. The second kappa shape index (κ2) is 19.6. The lowest BCUT2D eigenvalue weighted by atomic mass is 9.82. The van der Waals surface area contributed by atoms with Crippen LogP contribution in [0.3, 0.4) is 0 Å². The van der Waals surface area contributed by atoms with Gasteiger partial charge in [0.05, 0.1) is 11.1 Å². The Hall–Kier alpha value is -7.12. The van der Waals surface area contributed by atoms with E-state index in [9.17, 15) is 9.59 Å². The molecule has 9 rings (SSSR count). The van der Waals surface area contributed by atoms with Crippen molar-refractivity contribution in [1.82, 2.24) is 19.6 Å². The molecule has 0 aromatic heterocycles. The summed E-state index contributed by atoms with van der Waals surface area (Å²) in [7, 11) is 8.15. The van der Waals surface area contributed by atoms with Gasteiger partial charge in [-0.2, -0.15) is 0 Å². The van der Waals surface area contributed by atoms with E-state index in [0.29, 0.717) is 13.1 Å². The topological polar surface area (TPSA) is 47.1 Å². The molecule has 6 heteroatoms. The number of benzene rings is 9. The second-order valence-corrected chi connectivity index (χ2v) is 19.8. The molecule has 0 aliphatic carbocycles. The average Bonchev–Trinajstić information content (AvgIpc) is 3.34. The first kappa shape index (κ1) is 46.0. The summed E-state index contributed by atoms with van der Waals surface area (Å²) in [6.45, 7) is 10.7. The summed E-state index contributed by atoms with van der Waals surface area (Å²) in [5.74, 6) is -0.0224. The number of nitrogens with zero attached hydrogens (tertiary/aromatic N) is 4. The van der Waals surface area contributed by atoms with Crippen molar-refractivity contribution >= 4 is 54.9 Å². The van der Waals surface area contributed by atoms with Crippen molar-refractivity contribution in [2.24, 2.45) is 0 Å². The van der Waals surface area contributed by atoms with Gasteiger partial charge in [0.15, 0.2) is 0 Å². The van der Waals surface area contributed by atoms with Crippen LogP contribution in [0.15, 0.2) is 176 Å². The highest BCUT2D eigenvalue weighted by atomic mass is 16.2.